The molecule has 0 aliphatic rings. The Morgan fingerprint density at radius 1 is 1.19 bits per heavy atom. The fourth-order valence-electron chi connectivity index (χ4n) is 2.70. The predicted octanol–water partition coefficient (Wildman–Crippen LogP) is 3.14. The van der Waals surface area contributed by atoms with E-state index in [9.17, 15) is 9.59 Å². The van der Waals surface area contributed by atoms with Crippen molar-refractivity contribution in [3.8, 4) is 17.1 Å². The number of hydrogen-bond acceptors (Lipinski definition) is 4. The number of H-pyrrole nitrogens is 1. The summed E-state index contributed by atoms with van der Waals surface area (Å²) >= 11 is 0. The summed E-state index contributed by atoms with van der Waals surface area (Å²) in [5.74, 6) is 0.992. The van der Waals surface area contributed by atoms with E-state index >= 15 is 0 Å². The molecule has 6 nitrogen and oxygen atoms in total. The molecule has 0 radical (unpaired) electrons. The van der Waals surface area contributed by atoms with Gasteiger partial charge in [0.15, 0.2) is 0 Å². The molecule has 0 bridgehead atoms. The molecule has 138 valence electrons. The van der Waals surface area contributed by atoms with Crippen LogP contribution in [-0.4, -0.2) is 29.0 Å². The number of carbonyl (C=O) groups is 1. The standard InChI is InChI=1S/C21H21N3O3/c1-13(2)22-18(25)12-9-14-5-4-6-17-19(14)23-20(24-21(17)26)15-7-10-16(27-3)11-8-15/h4-13H,1-3H3,(H,22,25)(H,23,24,26)/b12-9+. The van der Waals surface area contributed by atoms with Gasteiger partial charge in [-0.2, -0.15) is 0 Å². The third-order valence-corrected chi connectivity index (χ3v) is 3.98. The second-order valence-corrected chi connectivity index (χ2v) is 6.38. The van der Waals surface area contributed by atoms with Crippen LogP contribution in [-0.2, 0) is 4.79 Å². The lowest BCUT2D eigenvalue weighted by molar-refractivity contribution is -0.116. The van der Waals surface area contributed by atoms with Gasteiger partial charge in [0.05, 0.1) is 18.0 Å². The van der Waals surface area contributed by atoms with Gasteiger partial charge >= 0.3 is 0 Å². The van der Waals surface area contributed by atoms with Crippen molar-refractivity contribution in [2.24, 2.45) is 0 Å². The Bertz CT molecular complexity index is 1050. The number of hydrogen-bond donors (Lipinski definition) is 2. The van der Waals surface area contributed by atoms with Crippen molar-refractivity contribution >= 4 is 22.9 Å². The Morgan fingerprint density at radius 3 is 2.59 bits per heavy atom. The fourth-order valence-corrected chi connectivity index (χ4v) is 2.70. The molecule has 27 heavy (non-hydrogen) atoms. The minimum Gasteiger partial charge on any atom is -0.497 e. The van der Waals surface area contributed by atoms with Crippen molar-refractivity contribution in [1.29, 1.82) is 0 Å². The monoisotopic (exact) mass is 363 g/mol. The van der Waals surface area contributed by atoms with Crippen LogP contribution in [0, 0.1) is 0 Å². The van der Waals surface area contributed by atoms with Gasteiger partial charge in [-0.1, -0.05) is 12.1 Å². The van der Waals surface area contributed by atoms with Crippen molar-refractivity contribution in [1.82, 2.24) is 15.3 Å². The highest BCUT2D eigenvalue weighted by molar-refractivity contribution is 5.95. The van der Waals surface area contributed by atoms with Crippen LogP contribution < -0.4 is 15.6 Å². The van der Waals surface area contributed by atoms with Crippen LogP contribution in [0.25, 0.3) is 28.4 Å². The molecule has 0 saturated heterocycles. The number of para-hydroxylation sites is 1. The van der Waals surface area contributed by atoms with E-state index in [0.29, 0.717) is 22.3 Å². The van der Waals surface area contributed by atoms with E-state index in [2.05, 4.69) is 15.3 Å². The summed E-state index contributed by atoms with van der Waals surface area (Å²) in [4.78, 5) is 31.8. The highest BCUT2D eigenvalue weighted by Gasteiger charge is 2.09. The van der Waals surface area contributed by atoms with Crippen LogP contribution in [0.4, 0.5) is 0 Å². The SMILES string of the molecule is COc1ccc(-c2nc3c(/C=C/C(=O)NC(C)C)cccc3c(=O)[nH]2)cc1. The van der Waals surface area contributed by atoms with Crippen LogP contribution in [0.5, 0.6) is 5.75 Å². The fraction of sp³-hybridized carbons (Fsp3) is 0.190. The first kappa shape index (κ1) is 18.4. The zero-order valence-corrected chi connectivity index (χ0v) is 15.4. The van der Waals surface area contributed by atoms with Gasteiger partial charge in [-0.25, -0.2) is 4.98 Å². The molecule has 1 amide bonds. The van der Waals surface area contributed by atoms with Gasteiger partial charge in [-0.15, -0.1) is 0 Å². The molecule has 3 aromatic rings. The second kappa shape index (κ2) is 7.86. The first-order chi connectivity index (χ1) is 13.0. The average molecular weight is 363 g/mol. The zero-order chi connectivity index (χ0) is 19.4. The molecule has 2 aromatic carbocycles. The summed E-state index contributed by atoms with van der Waals surface area (Å²) in [5.41, 5.74) is 1.78. The molecule has 0 unspecified atom stereocenters. The molecule has 0 aliphatic carbocycles. The van der Waals surface area contributed by atoms with E-state index in [1.165, 1.54) is 6.08 Å². The lowest BCUT2D eigenvalue weighted by Gasteiger charge is -2.07. The molecule has 0 fully saturated rings. The van der Waals surface area contributed by atoms with Gasteiger partial charge in [0.1, 0.15) is 11.6 Å². The number of amides is 1. The molecule has 1 aromatic heterocycles. The minimum atomic E-state index is -0.229. The number of aromatic nitrogens is 2. The number of fused-ring (bicyclic) bond motifs is 1. The van der Waals surface area contributed by atoms with Crippen molar-refractivity contribution in [2.45, 2.75) is 19.9 Å². The smallest absolute Gasteiger partial charge is 0.259 e. The number of nitrogens with one attached hydrogen (secondary N) is 2. The van der Waals surface area contributed by atoms with Gasteiger partial charge < -0.3 is 15.0 Å². The van der Waals surface area contributed by atoms with Crippen molar-refractivity contribution in [3.63, 3.8) is 0 Å². The van der Waals surface area contributed by atoms with Crippen LogP contribution in [0.3, 0.4) is 0 Å². The van der Waals surface area contributed by atoms with Gasteiger partial charge in [0.25, 0.3) is 5.56 Å². The maximum Gasteiger partial charge on any atom is 0.259 e. The number of carbonyl (C=O) groups excluding carboxylic acids is 1. The first-order valence-electron chi connectivity index (χ1n) is 8.64. The Hall–Kier alpha value is -3.41. The molecular weight excluding hydrogens is 342 g/mol. The van der Waals surface area contributed by atoms with Crippen LogP contribution in [0.1, 0.15) is 19.4 Å². The molecule has 3 rings (SSSR count). The Labute approximate surface area is 156 Å². The molecular formula is C21H21N3O3. The highest BCUT2D eigenvalue weighted by Crippen LogP contribution is 2.22. The lowest BCUT2D eigenvalue weighted by Crippen LogP contribution is -2.28. The number of benzene rings is 2. The average Bonchev–Trinajstić information content (AvgIpc) is 2.66. The van der Waals surface area contributed by atoms with E-state index in [1.54, 1.807) is 25.3 Å². The summed E-state index contributed by atoms with van der Waals surface area (Å²) in [6, 6.07) is 12.6. The summed E-state index contributed by atoms with van der Waals surface area (Å²) in [7, 11) is 1.60. The van der Waals surface area contributed by atoms with Gasteiger partial charge in [0.2, 0.25) is 5.91 Å². The Morgan fingerprint density at radius 2 is 1.93 bits per heavy atom. The number of rotatable bonds is 5. The number of ether oxygens (including phenoxy) is 1. The molecule has 0 spiro atoms. The van der Waals surface area contributed by atoms with Gasteiger partial charge in [-0.05, 0) is 50.3 Å². The normalized spacial score (nSPS) is 11.3. The highest BCUT2D eigenvalue weighted by atomic mass is 16.5. The molecule has 0 saturated carbocycles. The number of nitrogens with zero attached hydrogens (tertiary/aromatic N) is 1. The van der Waals surface area contributed by atoms with E-state index in [0.717, 1.165) is 11.3 Å². The molecule has 1 heterocycles. The van der Waals surface area contributed by atoms with Crippen LogP contribution in [0.15, 0.2) is 53.3 Å². The van der Waals surface area contributed by atoms with Crippen molar-refractivity contribution in [2.75, 3.05) is 7.11 Å². The summed E-state index contributed by atoms with van der Waals surface area (Å²) in [6.07, 6.45) is 3.12. The van der Waals surface area contributed by atoms with E-state index in [1.807, 2.05) is 44.2 Å². The Balaban J connectivity index is 2.05. The Kier molecular flexibility index (Phi) is 5.35. The second-order valence-electron chi connectivity index (χ2n) is 6.38. The third-order valence-electron chi connectivity index (χ3n) is 3.98. The van der Waals surface area contributed by atoms with E-state index in [-0.39, 0.29) is 17.5 Å². The zero-order valence-electron chi connectivity index (χ0n) is 15.4. The summed E-state index contributed by atoms with van der Waals surface area (Å²) in [6.45, 7) is 3.79. The minimum absolute atomic E-state index is 0.0531. The van der Waals surface area contributed by atoms with E-state index in [4.69, 9.17) is 4.74 Å². The summed E-state index contributed by atoms with van der Waals surface area (Å²) in [5, 5.41) is 3.27. The maximum absolute atomic E-state index is 12.5. The molecule has 2 N–H and O–H groups in total. The van der Waals surface area contributed by atoms with Crippen molar-refractivity contribution < 1.29 is 9.53 Å². The number of aromatic amines is 1. The third kappa shape index (κ3) is 4.23. The topological polar surface area (TPSA) is 84.1 Å². The molecule has 0 aliphatic heterocycles. The first-order valence-corrected chi connectivity index (χ1v) is 8.64. The quantitative estimate of drug-likeness (QED) is 0.682. The van der Waals surface area contributed by atoms with Gasteiger partial charge in [0, 0.05) is 23.2 Å². The predicted molar refractivity (Wildman–Crippen MR) is 107 cm³/mol. The van der Waals surface area contributed by atoms with E-state index < -0.39 is 0 Å². The maximum atomic E-state index is 12.5. The summed E-state index contributed by atoms with van der Waals surface area (Å²) < 4.78 is 5.16. The molecule has 0 atom stereocenters. The molecule has 6 heteroatoms. The van der Waals surface area contributed by atoms with Crippen LogP contribution >= 0.6 is 0 Å². The van der Waals surface area contributed by atoms with Crippen LogP contribution in [0.2, 0.25) is 0 Å². The largest absolute Gasteiger partial charge is 0.497 e. The lowest BCUT2D eigenvalue weighted by atomic mass is 10.1. The number of methoxy groups -OCH3 is 1. The van der Waals surface area contributed by atoms with Gasteiger partial charge in [-0.3, -0.25) is 9.59 Å². The van der Waals surface area contributed by atoms with Crippen molar-refractivity contribution in [3.05, 3.63) is 64.5 Å².